The van der Waals surface area contributed by atoms with E-state index in [-0.39, 0.29) is 5.56 Å². The maximum atomic E-state index is 12.0. The molecule has 1 aromatic rings. The van der Waals surface area contributed by atoms with Gasteiger partial charge in [0.2, 0.25) is 0 Å². The molecule has 0 aliphatic carbocycles. The predicted octanol–water partition coefficient (Wildman–Crippen LogP) is 1.99. The van der Waals surface area contributed by atoms with Crippen molar-refractivity contribution in [3.8, 4) is 0 Å². The lowest BCUT2D eigenvalue weighted by atomic mass is 10.3. The van der Waals surface area contributed by atoms with Gasteiger partial charge in [0.05, 0.1) is 11.9 Å². The first-order valence-corrected chi connectivity index (χ1v) is 8.72. The average Bonchev–Trinajstić information content (AvgIpc) is 2.42. The zero-order valence-electron chi connectivity index (χ0n) is 11.3. The molecule has 0 radical (unpaired) electrons. The van der Waals surface area contributed by atoms with Gasteiger partial charge in [-0.05, 0) is 22.4 Å². The number of nitrogens with one attached hydrogen (secondary N) is 1. The van der Waals surface area contributed by atoms with Crippen LogP contribution in [0.25, 0.3) is 0 Å². The Hall–Kier alpha value is -0.690. The summed E-state index contributed by atoms with van der Waals surface area (Å²) in [6.45, 7) is 5.17. The molecule has 5 nitrogen and oxygen atoms in total. The fourth-order valence-electron chi connectivity index (χ4n) is 1.50. The molecule has 19 heavy (non-hydrogen) atoms. The largest absolute Gasteiger partial charge is 0.382 e. The third-order valence-electron chi connectivity index (χ3n) is 2.68. The van der Waals surface area contributed by atoms with Gasteiger partial charge in [0.15, 0.2) is 0 Å². The van der Waals surface area contributed by atoms with Crippen LogP contribution in [0.15, 0.2) is 15.5 Å². The topological polar surface area (TPSA) is 64.0 Å². The van der Waals surface area contributed by atoms with Crippen molar-refractivity contribution in [1.82, 2.24) is 9.78 Å². The molecule has 1 N–H and O–H groups in total. The lowest BCUT2D eigenvalue weighted by molar-refractivity contribution is 0.541. The Morgan fingerprint density at radius 1 is 1.47 bits per heavy atom. The van der Waals surface area contributed by atoms with Crippen LogP contribution in [0, 0.1) is 0 Å². The van der Waals surface area contributed by atoms with Gasteiger partial charge in [-0.2, -0.15) is 5.10 Å². The minimum absolute atomic E-state index is 0.130. The molecule has 7 heteroatoms. The molecule has 0 amide bonds. The lowest BCUT2D eigenvalue weighted by Gasteiger charge is -2.10. The van der Waals surface area contributed by atoms with E-state index in [0.717, 1.165) is 12.8 Å². The number of halogens is 1. The summed E-state index contributed by atoms with van der Waals surface area (Å²) >= 11 is 3.30. The Balaban J connectivity index is 2.68. The van der Waals surface area contributed by atoms with Crippen LogP contribution in [-0.4, -0.2) is 32.0 Å². The van der Waals surface area contributed by atoms with E-state index in [2.05, 4.69) is 33.3 Å². The third-order valence-corrected chi connectivity index (χ3v) is 4.75. The van der Waals surface area contributed by atoms with Crippen LogP contribution in [0.5, 0.6) is 0 Å². The monoisotopic (exact) mass is 349 g/mol. The van der Waals surface area contributed by atoms with Gasteiger partial charge in [-0.25, -0.2) is 4.68 Å². The molecular formula is C12H20BrN3O2S. The van der Waals surface area contributed by atoms with E-state index >= 15 is 0 Å². The number of rotatable bonds is 8. The maximum Gasteiger partial charge on any atom is 0.283 e. The van der Waals surface area contributed by atoms with Gasteiger partial charge >= 0.3 is 0 Å². The van der Waals surface area contributed by atoms with E-state index in [1.165, 1.54) is 4.68 Å². The van der Waals surface area contributed by atoms with Crippen molar-refractivity contribution in [2.24, 2.45) is 0 Å². The molecule has 0 aliphatic heterocycles. The van der Waals surface area contributed by atoms with Crippen molar-refractivity contribution in [1.29, 1.82) is 0 Å². The fraction of sp³-hybridized carbons (Fsp3) is 0.667. The van der Waals surface area contributed by atoms with Crippen LogP contribution in [-0.2, 0) is 17.3 Å². The van der Waals surface area contributed by atoms with Crippen LogP contribution < -0.4 is 10.9 Å². The Labute approximate surface area is 124 Å². The summed E-state index contributed by atoms with van der Waals surface area (Å²) in [6.07, 6.45) is 3.59. The molecular weight excluding hydrogens is 330 g/mol. The van der Waals surface area contributed by atoms with Gasteiger partial charge in [0.25, 0.3) is 5.56 Å². The molecule has 1 rings (SSSR count). The van der Waals surface area contributed by atoms with Crippen molar-refractivity contribution in [2.75, 3.05) is 23.4 Å². The third kappa shape index (κ3) is 5.06. The van der Waals surface area contributed by atoms with Gasteiger partial charge < -0.3 is 5.32 Å². The van der Waals surface area contributed by atoms with Crippen LogP contribution in [0.3, 0.4) is 0 Å². The van der Waals surface area contributed by atoms with Crippen molar-refractivity contribution in [2.45, 2.75) is 33.2 Å². The maximum absolute atomic E-state index is 12.0. The molecule has 1 atom stereocenters. The van der Waals surface area contributed by atoms with Crippen molar-refractivity contribution >= 4 is 32.4 Å². The van der Waals surface area contributed by atoms with Gasteiger partial charge in [-0.15, -0.1) is 0 Å². The van der Waals surface area contributed by atoms with E-state index in [1.807, 2.05) is 6.92 Å². The lowest BCUT2D eigenvalue weighted by Crippen LogP contribution is -2.25. The van der Waals surface area contributed by atoms with E-state index in [4.69, 9.17) is 0 Å². The minimum atomic E-state index is -0.803. The summed E-state index contributed by atoms with van der Waals surface area (Å²) in [5.41, 5.74) is 0.529. The highest BCUT2D eigenvalue weighted by molar-refractivity contribution is 9.10. The molecule has 0 aromatic carbocycles. The smallest absolute Gasteiger partial charge is 0.283 e. The number of aromatic nitrogens is 2. The molecule has 0 bridgehead atoms. The molecule has 0 fully saturated rings. The standard InChI is InChI=1S/C12H20BrN3O2S/c1-3-5-7-16-12(17)11(13)10(9-15-16)14-6-8-19(18)4-2/h9,14H,3-8H2,1-2H3. The summed E-state index contributed by atoms with van der Waals surface area (Å²) in [7, 11) is -0.803. The zero-order chi connectivity index (χ0) is 14.3. The Morgan fingerprint density at radius 3 is 2.84 bits per heavy atom. The van der Waals surface area contributed by atoms with Crippen molar-refractivity contribution in [3.05, 3.63) is 21.0 Å². The summed E-state index contributed by atoms with van der Waals surface area (Å²) in [4.78, 5) is 12.0. The van der Waals surface area contributed by atoms with Gasteiger partial charge in [-0.3, -0.25) is 9.00 Å². The van der Waals surface area contributed by atoms with Crippen molar-refractivity contribution in [3.63, 3.8) is 0 Å². The summed E-state index contributed by atoms with van der Waals surface area (Å²) in [5.74, 6) is 1.22. The van der Waals surface area contributed by atoms with Crippen LogP contribution >= 0.6 is 15.9 Å². The Kier molecular flexibility index (Phi) is 7.30. The van der Waals surface area contributed by atoms with E-state index in [1.54, 1.807) is 6.20 Å². The average molecular weight is 350 g/mol. The summed E-state index contributed by atoms with van der Waals surface area (Å²) < 4.78 is 13.3. The Morgan fingerprint density at radius 2 is 2.21 bits per heavy atom. The number of hydrogen-bond acceptors (Lipinski definition) is 4. The molecule has 1 heterocycles. The summed E-state index contributed by atoms with van der Waals surface area (Å²) in [5, 5.41) is 7.22. The van der Waals surface area contributed by atoms with Gasteiger partial charge in [-0.1, -0.05) is 20.3 Å². The van der Waals surface area contributed by atoms with E-state index in [0.29, 0.717) is 34.8 Å². The quantitative estimate of drug-likeness (QED) is 0.779. The number of aryl methyl sites for hydroxylation is 1. The van der Waals surface area contributed by atoms with Crippen LogP contribution in [0.4, 0.5) is 5.69 Å². The minimum Gasteiger partial charge on any atom is -0.382 e. The second kappa shape index (κ2) is 8.47. The fourth-order valence-corrected chi connectivity index (χ4v) is 2.56. The highest BCUT2D eigenvalue weighted by atomic mass is 79.9. The number of nitrogens with zero attached hydrogens (tertiary/aromatic N) is 2. The van der Waals surface area contributed by atoms with Crippen LogP contribution in [0.1, 0.15) is 26.7 Å². The SMILES string of the molecule is CCCCn1ncc(NCCS(=O)CC)c(Br)c1=O. The van der Waals surface area contributed by atoms with Crippen LogP contribution in [0.2, 0.25) is 0 Å². The first kappa shape index (κ1) is 16.4. The molecule has 1 unspecified atom stereocenters. The van der Waals surface area contributed by atoms with E-state index < -0.39 is 10.8 Å². The first-order valence-electron chi connectivity index (χ1n) is 6.44. The van der Waals surface area contributed by atoms with Gasteiger partial charge in [0, 0.05) is 35.4 Å². The van der Waals surface area contributed by atoms with Gasteiger partial charge in [0.1, 0.15) is 4.47 Å². The molecule has 0 saturated carbocycles. The molecule has 1 aromatic heterocycles. The molecule has 0 aliphatic rings. The first-order chi connectivity index (χ1) is 9.10. The summed E-state index contributed by atoms with van der Waals surface area (Å²) in [6, 6.07) is 0. The molecule has 0 saturated heterocycles. The molecule has 0 spiro atoms. The number of unbranched alkanes of at least 4 members (excludes halogenated alkanes) is 1. The second-order valence-electron chi connectivity index (χ2n) is 4.11. The zero-order valence-corrected chi connectivity index (χ0v) is 13.7. The Bertz CT molecular complexity index is 490. The molecule has 108 valence electrons. The highest BCUT2D eigenvalue weighted by Crippen LogP contribution is 2.15. The highest BCUT2D eigenvalue weighted by Gasteiger charge is 2.08. The second-order valence-corrected chi connectivity index (χ2v) is 6.77. The van der Waals surface area contributed by atoms with Crippen molar-refractivity contribution < 1.29 is 4.21 Å². The normalized spacial score (nSPS) is 12.4. The predicted molar refractivity (Wildman–Crippen MR) is 83.1 cm³/mol. The number of hydrogen-bond donors (Lipinski definition) is 1. The van der Waals surface area contributed by atoms with E-state index in [9.17, 15) is 9.00 Å². The number of anilines is 1.